The molecule has 1 saturated heterocycles. The molecule has 2 aliphatic rings. The van der Waals surface area contributed by atoms with E-state index in [0.29, 0.717) is 28.7 Å². The number of hydrogen-bond donors (Lipinski definition) is 1. The van der Waals surface area contributed by atoms with Gasteiger partial charge in [0.25, 0.3) is 0 Å². The second-order valence-electron chi connectivity index (χ2n) is 7.04. The van der Waals surface area contributed by atoms with E-state index >= 15 is 0 Å². The molecule has 1 atom stereocenters. The Morgan fingerprint density at radius 2 is 1.96 bits per heavy atom. The molecule has 0 saturated carbocycles. The molecule has 2 aromatic carbocycles. The van der Waals surface area contributed by atoms with Crippen LogP contribution in [0.5, 0.6) is 11.5 Å². The van der Waals surface area contributed by atoms with E-state index in [9.17, 15) is 4.79 Å². The van der Waals surface area contributed by atoms with E-state index in [1.807, 2.05) is 36.4 Å². The van der Waals surface area contributed by atoms with Crippen LogP contribution >= 0.6 is 0 Å². The zero-order chi connectivity index (χ0) is 18.4. The Morgan fingerprint density at radius 1 is 1.07 bits per heavy atom. The van der Waals surface area contributed by atoms with Gasteiger partial charge in [0.15, 0.2) is 11.5 Å². The number of piperazine rings is 1. The van der Waals surface area contributed by atoms with Crippen molar-refractivity contribution in [1.82, 2.24) is 5.32 Å². The Hall–Kier alpha value is -2.99. The Morgan fingerprint density at radius 3 is 2.85 bits per heavy atom. The highest BCUT2D eigenvalue weighted by Gasteiger charge is 2.18. The standard InChI is InChI=1S/C21H20N2O4/c1-13-11-23(7-6-22-13)16-4-2-14-8-19(27-21(24)17(14)10-16)15-3-5-18-20(9-15)26-12-25-18/h2-5,8-10,13,22H,6-7,11-12H2,1H3/t13-/m0/s1. The van der Waals surface area contributed by atoms with Crippen LogP contribution in [0.3, 0.4) is 0 Å². The van der Waals surface area contributed by atoms with Crippen molar-refractivity contribution in [3.63, 3.8) is 0 Å². The lowest BCUT2D eigenvalue weighted by atomic mass is 10.1. The molecule has 6 nitrogen and oxygen atoms in total. The molecule has 0 radical (unpaired) electrons. The summed E-state index contributed by atoms with van der Waals surface area (Å²) in [5.41, 5.74) is 1.52. The van der Waals surface area contributed by atoms with Gasteiger partial charge in [-0.05, 0) is 48.7 Å². The van der Waals surface area contributed by atoms with Crippen LogP contribution in [0.2, 0.25) is 0 Å². The normalized spacial score (nSPS) is 18.9. The molecule has 3 aromatic rings. The molecule has 5 rings (SSSR count). The lowest BCUT2D eigenvalue weighted by Crippen LogP contribution is -2.49. The van der Waals surface area contributed by atoms with E-state index < -0.39 is 0 Å². The molecule has 0 spiro atoms. The van der Waals surface area contributed by atoms with Crippen molar-refractivity contribution >= 4 is 16.5 Å². The van der Waals surface area contributed by atoms with Gasteiger partial charge in [0.2, 0.25) is 6.79 Å². The zero-order valence-corrected chi connectivity index (χ0v) is 15.0. The van der Waals surface area contributed by atoms with Gasteiger partial charge in [0, 0.05) is 36.9 Å². The fourth-order valence-electron chi connectivity index (χ4n) is 3.73. The SMILES string of the molecule is C[C@H]1CN(c2ccc3cc(-c4ccc5c(c4)OCO5)oc(=O)c3c2)CCN1. The number of anilines is 1. The van der Waals surface area contributed by atoms with Gasteiger partial charge in [-0.1, -0.05) is 6.07 Å². The van der Waals surface area contributed by atoms with Crippen LogP contribution < -0.4 is 25.3 Å². The number of hydrogen-bond acceptors (Lipinski definition) is 6. The van der Waals surface area contributed by atoms with E-state index in [1.165, 1.54) is 0 Å². The number of ether oxygens (including phenoxy) is 2. The third kappa shape index (κ3) is 2.92. The van der Waals surface area contributed by atoms with Crippen molar-refractivity contribution in [2.24, 2.45) is 0 Å². The van der Waals surface area contributed by atoms with E-state index in [2.05, 4.69) is 23.2 Å². The first-order valence-electron chi connectivity index (χ1n) is 9.14. The molecule has 1 N–H and O–H groups in total. The van der Waals surface area contributed by atoms with E-state index in [1.54, 1.807) is 0 Å². The first kappa shape index (κ1) is 16.2. The van der Waals surface area contributed by atoms with E-state index in [-0.39, 0.29) is 12.4 Å². The summed E-state index contributed by atoms with van der Waals surface area (Å²) in [5.74, 6) is 1.89. The molecular weight excluding hydrogens is 344 g/mol. The van der Waals surface area contributed by atoms with Crippen LogP contribution in [0.25, 0.3) is 22.1 Å². The predicted octanol–water partition coefficient (Wildman–Crippen LogP) is 2.99. The zero-order valence-electron chi connectivity index (χ0n) is 15.0. The van der Waals surface area contributed by atoms with Gasteiger partial charge in [-0.2, -0.15) is 0 Å². The average molecular weight is 364 g/mol. The van der Waals surface area contributed by atoms with Gasteiger partial charge < -0.3 is 24.1 Å². The smallest absolute Gasteiger partial charge is 0.344 e. The van der Waals surface area contributed by atoms with Gasteiger partial charge >= 0.3 is 5.63 Å². The number of fused-ring (bicyclic) bond motifs is 2. The summed E-state index contributed by atoms with van der Waals surface area (Å²) in [6, 6.07) is 13.9. The quantitative estimate of drug-likeness (QED) is 0.754. The maximum Gasteiger partial charge on any atom is 0.344 e. The van der Waals surface area contributed by atoms with Crippen molar-refractivity contribution in [2.45, 2.75) is 13.0 Å². The molecule has 1 aromatic heterocycles. The second-order valence-corrected chi connectivity index (χ2v) is 7.04. The number of nitrogens with zero attached hydrogens (tertiary/aromatic N) is 1. The van der Waals surface area contributed by atoms with Crippen LogP contribution in [0.4, 0.5) is 5.69 Å². The number of benzene rings is 2. The minimum Gasteiger partial charge on any atom is -0.454 e. The largest absolute Gasteiger partial charge is 0.454 e. The van der Waals surface area contributed by atoms with Gasteiger partial charge in [0.05, 0.1) is 5.39 Å². The summed E-state index contributed by atoms with van der Waals surface area (Å²) in [5, 5.41) is 4.90. The molecule has 0 aliphatic carbocycles. The Balaban J connectivity index is 1.54. The molecule has 6 heteroatoms. The minimum atomic E-state index is -0.329. The Labute approximate surface area is 156 Å². The maximum atomic E-state index is 12.7. The van der Waals surface area contributed by atoms with Gasteiger partial charge in [-0.15, -0.1) is 0 Å². The maximum absolute atomic E-state index is 12.7. The fraction of sp³-hybridized carbons (Fsp3) is 0.286. The first-order chi connectivity index (χ1) is 13.2. The van der Waals surface area contributed by atoms with Gasteiger partial charge in [-0.25, -0.2) is 4.79 Å². The molecule has 0 bridgehead atoms. The Kier molecular flexibility index (Phi) is 3.79. The molecule has 27 heavy (non-hydrogen) atoms. The lowest BCUT2D eigenvalue weighted by Gasteiger charge is -2.33. The van der Waals surface area contributed by atoms with Crippen LogP contribution in [0.1, 0.15) is 6.92 Å². The minimum absolute atomic E-state index is 0.216. The van der Waals surface area contributed by atoms with Crippen LogP contribution in [0, 0.1) is 0 Å². The van der Waals surface area contributed by atoms with Crippen LogP contribution in [0.15, 0.2) is 51.7 Å². The highest BCUT2D eigenvalue weighted by molar-refractivity contribution is 5.87. The van der Waals surface area contributed by atoms with E-state index in [4.69, 9.17) is 13.9 Å². The molecule has 3 heterocycles. The lowest BCUT2D eigenvalue weighted by molar-refractivity contribution is 0.174. The summed E-state index contributed by atoms with van der Waals surface area (Å²) in [7, 11) is 0. The van der Waals surface area contributed by atoms with Crippen molar-refractivity contribution < 1.29 is 13.9 Å². The number of nitrogens with one attached hydrogen (secondary N) is 1. The molecule has 138 valence electrons. The summed E-state index contributed by atoms with van der Waals surface area (Å²) >= 11 is 0. The average Bonchev–Trinajstić information content (AvgIpc) is 3.15. The third-order valence-corrected chi connectivity index (χ3v) is 5.14. The highest BCUT2D eigenvalue weighted by atomic mass is 16.7. The molecule has 0 amide bonds. The molecule has 2 aliphatic heterocycles. The summed E-state index contributed by atoms with van der Waals surface area (Å²) in [6.07, 6.45) is 0. The van der Waals surface area contributed by atoms with Gasteiger partial charge in [-0.3, -0.25) is 0 Å². The molecule has 1 fully saturated rings. The fourth-order valence-corrected chi connectivity index (χ4v) is 3.73. The second kappa shape index (κ2) is 6.32. The van der Waals surface area contributed by atoms with Crippen molar-refractivity contribution in [3.05, 3.63) is 52.9 Å². The van der Waals surface area contributed by atoms with Crippen LogP contribution in [-0.2, 0) is 0 Å². The number of rotatable bonds is 2. The summed E-state index contributed by atoms with van der Waals surface area (Å²) in [6.45, 7) is 5.17. The topological polar surface area (TPSA) is 63.9 Å². The van der Waals surface area contributed by atoms with Crippen LogP contribution in [-0.4, -0.2) is 32.5 Å². The third-order valence-electron chi connectivity index (χ3n) is 5.14. The molecule has 0 unspecified atom stereocenters. The van der Waals surface area contributed by atoms with Crippen molar-refractivity contribution in [3.8, 4) is 22.8 Å². The summed E-state index contributed by atoms with van der Waals surface area (Å²) in [4.78, 5) is 14.9. The van der Waals surface area contributed by atoms with E-state index in [0.717, 1.165) is 36.3 Å². The first-order valence-corrected chi connectivity index (χ1v) is 9.14. The van der Waals surface area contributed by atoms with Crippen molar-refractivity contribution in [2.75, 3.05) is 31.3 Å². The van der Waals surface area contributed by atoms with Crippen molar-refractivity contribution in [1.29, 1.82) is 0 Å². The highest BCUT2D eigenvalue weighted by Crippen LogP contribution is 2.36. The Bertz CT molecular complexity index is 1080. The molecular formula is C21H20N2O4. The predicted molar refractivity (Wildman–Crippen MR) is 104 cm³/mol. The summed E-state index contributed by atoms with van der Waals surface area (Å²) < 4.78 is 16.4. The van der Waals surface area contributed by atoms with Gasteiger partial charge in [0.1, 0.15) is 5.76 Å². The monoisotopic (exact) mass is 364 g/mol.